The summed E-state index contributed by atoms with van der Waals surface area (Å²) in [4.78, 5) is 2.53. The lowest BCUT2D eigenvalue weighted by Gasteiger charge is -2.37. The lowest BCUT2D eigenvalue weighted by molar-refractivity contribution is 0.693. The molecule has 0 bridgehead atoms. The van der Waals surface area contributed by atoms with Crippen molar-refractivity contribution in [3.05, 3.63) is 293 Å². The Morgan fingerprint density at radius 2 is 0.778 bits per heavy atom. The van der Waals surface area contributed by atoms with E-state index in [1.807, 2.05) is 0 Å². The van der Waals surface area contributed by atoms with Crippen LogP contribution in [0.4, 0.5) is 17.1 Å². The number of nitrogens with zero attached hydrogens (tertiary/aromatic N) is 1. The molecule has 0 saturated heterocycles. The van der Waals surface area contributed by atoms with E-state index in [4.69, 9.17) is 0 Å². The number of hydrogen-bond donors (Lipinski definition) is 0. The van der Waals surface area contributed by atoms with Gasteiger partial charge >= 0.3 is 0 Å². The Morgan fingerprint density at radius 3 is 1.32 bits per heavy atom. The largest absolute Gasteiger partial charge is 0.310 e. The van der Waals surface area contributed by atoms with E-state index in [9.17, 15) is 0 Å². The quantitative estimate of drug-likeness (QED) is 0.148. The summed E-state index contributed by atoms with van der Waals surface area (Å²) >= 11 is 0. The van der Waals surface area contributed by atoms with Crippen molar-refractivity contribution in [1.29, 1.82) is 0 Å². The highest BCUT2D eigenvalue weighted by Crippen LogP contribution is 2.60. The third-order valence-electron chi connectivity index (χ3n) is 13.9. The maximum Gasteiger partial charge on any atom is 0.0714 e. The molecule has 1 atom stereocenters. The lowest BCUT2D eigenvalue weighted by Crippen LogP contribution is -2.30. The Balaban J connectivity index is 1.16. The SMILES string of the molecule is C1=CCCC(C2(c3ccccc3)c3ccccc3-c3ccc(N(c4ccc5c(c4)C(c4ccccc4)(c4ccccc4)c4ccccc4-5)c4ccccc4-c4ccccc4)cc32)=C1. The zero-order valence-corrected chi connectivity index (χ0v) is 35.0. The van der Waals surface area contributed by atoms with Crippen LogP contribution in [0, 0.1) is 0 Å². The molecule has 0 aromatic heterocycles. The molecule has 1 nitrogen and oxygen atoms in total. The highest BCUT2D eigenvalue weighted by Gasteiger charge is 2.48. The van der Waals surface area contributed by atoms with Gasteiger partial charge in [0, 0.05) is 16.9 Å². The minimum Gasteiger partial charge on any atom is -0.310 e. The predicted molar refractivity (Wildman–Crippen MR) is 262 cm³/mol. The van der Waals surface area contributed by atoms with Gasteiger partial charge in [0.1, 0.15) is 0 Å². The zero-order valence-electron chi connectivity index (χ0n) is 35.0. The molecule has 298 valence electrons. The molecule has 0 amide bonds. The van der Waals surface area contributed by atoms with Crippen molar-refractivity contribution >= 4 is 17.1 Å². The summed E-state index contributed by atoms with van der Waals surface area (Å²) in [5, 5.41) is 0. The molecule has 0 fully saturated rings. The van der Waals surface area contributed by atoms with Crippen LogP contribution in [0.15, 0.2) is 254 Å². The molecule has 0 saturated carbocycles. The number of allylic oxidation sites excluding steroid dienone is 4. The molecule has 3 aliphatic rings. The van der Waals surface area contributed by atoms with Crippen molar-refractivity contribution in [2.24, 2.45) is 0 Å². The van der Waals surface area contributed by atoms with Gasteiger partial charge in [-0.05, 0) is 110 Å². The summed E-state index contributed by atoms with van der Waals surface area (Å²) in [5.41, 5.74) is 20.4. The van der Waals surface area contributed by atoms with Crippen LogP contribution < -0.4 is 4.90 Å². The molecule has 9 aromatic carbocycles. The summed E-state index contributed by atoms with van der Waals surface area (Å²) in [6, 6.07) is 85.9. The van der Waals surface area contributed by atoms with Gasteiger partial charge in [0.05, 0.1) is 16.5 Å². The number of rotatable bonds is 8. The van der Waals surface area contributed by atoms with Gasteiger partial charge in [-0.15, -0.1) is 0 Å². The van der Waals surface area contributed by atoms with E-state index in [-0.39, 0.29) is 0 Å². The molecule has 0 radical (unpaired) electrons. The monoisotopic (exact) mass is 803 g/mol. The summed E-state index contributed by atoms with van der Waals surface area (Å²) < 4.78 is 0. The first-order valence-electron chi connectivity index (χ1n) is 22.2. The number of anilines is 3. The zero-order chi connectivity index (χ0) is 41.8. The van der Waals surface area contributed by atoms with E-state index in [1.165, 1.54) is 77.9 Å². The molecule has 1 heteroatoms. The van der Waals surface area contributed by atoms with Crippen LogP contribution in [-0.2, 0) is 10.8 Å². The van der Waals surface area contributed by atoms with E-state index in [1.54, 1.807) is 0 Å². The van der Waals surface area contributed by atoms with Gasteiger partial charge in [-0.1, -0.05) is 224 Å². The van der Waals surface area contributed by atoms with E-state index < -0.39 is 10.8 Å². The van der Waals surface area contributed by atoms with Crippen molar-refractivity contribution in [2.45, 2.75) is 23.7 Å². The Kier molecular flexibility index (Phi) is 8.83. The fourth-order valence-electron chi connectivity index (χ4n) is 11.4. The number of para-hydroxylation sites is 1. The average molecular weight is 804 g/mol. The summed E-state index contributed by atoms with van der Waals surface area (Å²) in [7, 11) is 0. The second kappa shape index (κ2) is 15.0. The fourth-order valence-corrected chi connectivity index (χ4v) is 11.4. The van der Waals surface area contributed by atoms with Crippen LogP contribution in [0.3, 0.4) is 0 Å². The van der Waals surface area contributed by atoms with Crippen LogP contribution in [0.2, 0.25) is 0 Å². The smallest absolute Gasteiger partial charge is 0.0714 e. The number of fused-ring (bicyclic) bond motifs is 6. The molecule has 0 heterocycles. The minimum absolute atomic E-state index is 0.450. The molecule has 9 aromatic rings. The first kappa shape index (κ1) is 37.1. The maximum absolute atomic E-state index is 2.53. The second-order valence-corrected chi connectivity index (χ2v) is 17.0. The third kappa shape index (κ3) is 5.56. The first-order chi connectivity index (χ1) is 31.3. The van der Waals surface area contributed by atoms with Crippen molar-refractivity contribution in [2.75, 3.05) is 4.90 Å². The standard InChI is InChI=1S/C62H45N/c1-6-22-44(23-7-1)51-32-18-21-37-60(51)63(49-38-40-54-52-33-16-19-35-56(52)61(58(54)42-49,45-24-8-2-9-25-45)46-26-10-3-11-27-46)50-39-41-55-53-34-17-20-36-57(53)62(59(55)43-50,47-28-12-4-13-29-47)48-30-14-5-15-31-48/h1-14,16-30,32-43H,15,31H2. The van der Waals surface area contributed by atoms with Crippen molar-refractivity contribution in [3.8, 4) is 33.4 Å². The minimum atomic E-state index is -0.530. The predicted octanol–water partition coefficient (Wildman–Crippen LogP) is 15.8. The first-order valence-corrected chi connectivity index (χ1v) is 22.2. The van der Waals surface area contributed by atoms with Gasteiger partial charge in [-0.3, -0.25) is 0 Å². The van der Waals surface area contributed by atoms with E-state index in [0.29, 0.717) is 0 Å². The van der Waals surface area contributed by atoms with Crippen molar-refractivity contribution in [1.82, 2.24) is 0 Å². The van der Waals surface area contributed by atoms with Gasteiger partial charge in [0.2, 0.25) is 0 Å². The Labute approximate surface area is 370 Å². The van der Waals surface area contributed by atoms with Gasteiger partial charge in [-0.25, -0.2) is 0 Å². The van der Waals surface area contributed by atoms with E-state index in [0.717, 1.165) is 29.9 Å². The second-order valence-electron chi connectivity index (χ2n) is 17.0. The van der Waals surface area contributed by atoms with Gasteiger partial charge in [-0.2, -0.15) is 0 Å². The summed E-state index contributed by atoms with van der Waals surface area (Å²) in [6.07, 6.45) is 8.99. The highest BCUT2D eigenvalue weighted by molar-refractivity contribution is 5.94. The van der Waals surface area contributed by atoms with Crippen LogP contribution in [0.1, 0.15) is 51.8 Å². The highest BCUT2D eigenvalue weighted by atomic mass is 15.1. The summed E-state index contributed by atoms with van der Waals surface area (Å²) in [6.45, 7) is 0. The number of benzene rings is 9. The molecule has 63 heavy (non-hydrogen) atoms. The van der Waals surface area contributed by atoms with Crippen LogP contribution in [-0.4, -0.2) is 0 Å². The molecule has 0 spiro atoms. The molecule has 1 unspecified atom stereocenters. The normalized spacial score (nSPS) is 16.3. The fraction of sp³-hybridized carbons (Fsp3) is 0.0645. The van der Waals surface area contributed by atoms with Crippen LogP contribution in [0.5, 0.6) is 0 Å². The maximum atomic E-state index is 2.53. The molecule has 12 rings (SSSR count). The molecule has 3 aliphatic carbocycles. The van der Waals surface area contributed by atoms with Crippen LogP contribution in [0.25, 0.3) is 33.4 Å². The Hall–Kier alpha value is -7.74. The van der Waals surface area contributed by atoms with Gasteiger partial charge < -0.3 is 4.90 Å². The molecule has 0 aliphatic heterocycles. The lowest BCUT2D eigenvalue weighted by atomic mass is 9.65. The average Bonchev–Trinajstić information content (AvgIpc) is 3.83. The van der Waals surface area contributed by atoms with Gasteiger partial charge in [0.25, 0.3) is 0 Å². The van der Waals surface area contributed by atoms with Crippen molar-refractivity contribution in [3.63, 3.8) is 0 Å². The topological polar surface area (TPSA) is 3.24 Å². The Morgan fingerprint density at radius 1 is 0.349 bits per heavy atom. The third-order valence-corrected chi connectivity index (χ3v) is 13.9. The van der Waals surface area contributed by atoms with E-state index >= 15 is 0 Å². The molecular weight excluding hydrogens is 759 g/mol. The summed E-state index contributed by atoms with van der Waals surface area (Å²) in [5.74, 6) is 0. The van der Waals surface area contributed by atoms with Crippen molar-refractivity contribution < 1.29 is 0 Å². The molecular formula is C62H45N. The Bertz CT molecular complexity index is 3180. The van der Waals surface area contributed by atoms with E-state index in [2.05, 4.69) is 254 Å². The molecule has 0 N–H and O–H groups in total. The van der Waals surface area contributed by atoms with Gasteiger partial charge in [0.15, 0.2) is 0 Å². The van der Waals surface area contributed by atoms with Crippen LogP contribution >= 0.6 is 0 Å². The number of hydrogen-bond acceptors (Lipinski definition) is 1.